The van der Waals surface area contributed by atoms with E-state index in [1.54, 1.807) is 6.33 Å². The summed E-state index contributed by atoms with van der Waals surface area (Å²) < 4.78 is 3.90. The summed E-state index contributed by atoms with van der Waals surface area (Å²) >= 11 is 0. The summed E-state index contributed by atoms with van der Waals surface area (Å²) in [6.07, 6.45) is 1.74. The Morgan fingerprint density at radius 3 is 2.65 bits per heavy atom. The Labute approximate surface area is 137 Å². The van der Waals surface area contributed by atoms with Crippen LogP contribution >= 0.6 is 0 Å². The molecule has 8 heteroatoms. The number of hydrogen-bond acceptors (Lipinski definition) is 4. The summed E-state index contributed by atoms with van der Waals surface area (Å²) in [5, 5.41) is 19.0. The minimum Gasteiger partial charge on any atom is -0.357 e. The predicted octanol–water partition coefficient (Wildman–Crippen LogP) is 0.904. The van der Waals surface area contributed by atoms with Crippen LogP contribution in [0.4, 0.5) is 0 Å². The van der Waals surface area contributed by atoms with Crippen molar-refractivity contribution in [2.45, 2.75) is 47.3 Å². The van der Waals surface area contributed by atoms with Crippen molar-refractivity contribution in [1.82, 2.24) is 35.2 Å². The van der Waals surface area contributed by atoms with Crippen LogP contribution in [0.15, 0.2) is 11.3 Å². The third kappa shape index (κ3) is 4.08. The van der Waals surface area contributed by atoms with Crippen LogP contribution in [0.25, 0.3) is 0 Å². The zero-order valence-electron chi connectivity index (χ0n) is 14.6. The fourth-order valence-corrected chi connectivity index (χ4v) is 2.39. The molecule has 23 heavy (non-hydrogen) atoms. The van der Waals surface area contributed by atoms with Gasteiger partial charge in [-0.1, -0.05) is 0 Å². The average Bonchev–Trinajstić information content (AvgIpc) is 3.08. The smallest absolute Gasteiger partial charge is 0.191 e. The van der Waals surface area contributed by atoms with Gasteiger partial charge in [-0.05, 0) is 27.7 Å². The Morgan fingerprint density at radius 2 is 2.04 bits per heavy atom. The maximum absolute atomic E-state index is 4.66. The van der Waals surface area contributed by atoms with Gasteiger partial charge in [0.15, 0.2) is 11.8 Å². The van der Waals surface area contributed by atoms with Gasteiger partial charge in [-0.3, -0.25) is 4.68 Å². The van der Waals surface area contributed by atoms with Gasteiger partial charge in [0.25, 0.3) is 0 Å². The summed E-state index contributed by atoms with van der Waals surface area (Å²) in [5.74, 6) is 1.66. The molecule has 0 fully saturated rings. The molecule has 0 aliphatic heterocycles. The standard InChI is InChI=1S/C15H26N8/c1-6-16-15(18-9-14-20-19-10-23(14)7-2)17-8-13-11(3)21-22(5)12(13)4/h10H,6-9H2,1-5H3,(H2,16,17,18). The Kier molecular flexibility index (Phi) is 5.72. The van der Waals surface area contributed by atoms with E-state index in [1.165, 1.54) is 5.56 Å². The zero-order valence-corrected chi connectivity index (χ0v) is 14.6. The van der Waals surface area contributed by atoms with E-state index in [1.807, 2.05) is 30.1 Å². The first kappa shape index (κ1) is 17.0. The highest BCUT2D eigenvalue weighted by Crippen LogP contribution is 2.12. The second kappa shape index (κ2) is 7.75. The largest absolute Gasteiger partial charge is 0.357 e. The van der Waals surface area contributed by atoms with Crippen molar-refractivity contribution in [3.05, 3.63) is 29.1 Å². The summed E-state index contributed by atoms with van der Waals surface area (Å²) in [6.45, 7) is 11.0. The number of hydrogen-bond donors (Lipinski definition) is 2. The Balaban J connectivity index is 2.05. The Hall–Kier alpha value is -2.38. The van der Waals surface area contributed by atoms with Crippen LogP contribution in [0, 0.1) is 13.8 Å². The van der Waals surface area contributed by atoms with Crippen molar-refractivity contribution in [2.24, 2.45) is 12.0 Å². The molecule has 0 aliphatic carbocycles. The minimum absolute atomic E-state index is 0.588. The monoisotopic (exact) mass is 318 g/mol. The summed E-state index contributed by atoms with van der Waals surface area (Å²) in [6, 6.07) is 0. The molecule has 2 rings (SSSR count). The molecule has 0 amide bonds. The molecule has 2 N–H and O–H groups in total. The summed E-state index contributed by atoms with van der Waals surface area (Å²) in [7, 11) is 1.95. The van der Waals surface area contributed by atoms with E-state index in [9.17, 15) is 0 Å². The second-order valence-electron chi connectivity index (χ2n) is 5.35. The van der Waals surface area contributed by atoms with Gasteiger partial charge in [-0.2, -0.15) is 5.10 Å². The minimum atomic E-state index is 0.588. The molecule has 0 aromatic carbocycles. The Bertz CT molecular complexity index is 667. The molecule has 8 nitrogen and oxygen atoms in total. The van der Waals surface area contributed by atoms with Gasteiger partial charge in [0, 0.05) is 31.4 Å². The number of nitrogens with zero attached hydrogens (tertiary/aromatic N) is 6. The van der Waals surface area contributed by atoms with Crippen LogP contribution in [-0.4, -0.2) is 37.0 Å². The number of aryl methyl sites for hydroxylation is 3. The van der Waals surface area contributed by atoms with Gasteiger partial charge in [0.1, 0.15) is 6.33 Å². The summed E-state index contributed by atoms with van der Waals surface area (Å²) in [4.78, 5) is 4.66. The molecule has 0 bridgehead atoms. The van der Waals surface area contributed by atoms with E-state index >= 15 is 0 Å². The first-order chi connectivity index (χ1) is 11.1. The molecular formula is C15H26N8. The third-order valence-electron chi connectivity index (χ3n) is 3.85. The van der Waals surface area contributed by atoms with Gasteiger partial charge in [0.05, 0.1) is 18.8 Å². The fourth-order valence-electron chi connectivity index (χ4n) is 2.39. The van der Waals surface area contributed by atoms with Gasteiger partial charge in [-0.25, -0.2) is 4.99 Å². The maximum atomic E-state index is 4.66. The van der Waals surface area contributed by atoms with Crippen LogP contribution in [0.3, 0.4) is 0 Å². The molecule has 0 aliphatic rings. The number of aliphatic imine (C=N–C) groups is 1. The molecule has 0 atom stereocenters. The van der Waals surface area contributed by atoms with E-state index in [0.29, 0.717) is 13.1 Å². The second-order valence-corrected chi connectivity index (χ2v) is 5.35. The molecule has 2 aromatic rings. The SMILES string of the molecule is CCNC(=NCc1c(C)nn(C)c1C)NCc1nncn1CC. The Morgan fingerprint density at radius 1 is 1.26 bits per heavy atom. The van der Waals surface area contributed by atoms with Crippen LogP contribution < -0.4 is 10.6 Å². The average molecular weight is 318 g/mol. The zero-order chi connectivity index (χ0) is 16.8. The van der Waals surface area contributed by atoms with E-state index in [0.717, 1.165) is 36.3 Å². The van der Waals surface area contributed by atoms with E-state index in [4.69, 9.17) is 0 Å². The van der Waals surface area contributed by atoms with Crippen molar-refractivity contribution >= 4 is 5.96 Å². The van der Waals surface area contributed by atoms with Crippen LogP contribution in [0.5, 0.6) is 0 Å². The fraction of sp³-hybridized carbons (Fsp3) is 0.600. The van der Waals surface area contributed by atoms with Crippen molar-refractivity contribution < 1.29 is 0 Å². The number of nitrogens with one attached hydrogen (secondary N) is 2. The van der Waals surface area contributed by atoms with Crippen molar-refractivity contribution in [2.75, 3.05) is 6.54 Å². The van der Waals surface area contributed by atoms with Crippen LogP contribution in [0.1, 0.15) is 36.6 Å². The maximum Gasteiger partial charge on any atom is 0.191 e. The summed E-state index contributed by atoms with van der Waals surface area (Å²) in [5.41, 5.74) is 3.34. The van der Waals surface area contributed by atoms with Crippen molar-refractivity contribution in [1.29, 1.82) is 0 Å². The third-order valence-corrected chi connectivity index (χ3v) is 3.85. The molecule has 126 valence electrons. The molecular weight excluding hydrogens is 292 g/mol. The molecule has 0 spiro atoms. The van der Waals surface area contributed by atoms with Gasteiger partial charge < -0.3 is 15.2 Å². The topological polar surface area (TPSA) is 84.9 Å². The van der Waals surface area contributed by atoms with Gasteiger partial charge >= 0.3 is 0 Å². The van der Waals surface area contributed by atoms with E-state index < -0.39 is 0 Å². The lowest BCUT2D eigenvalue weighted by atomic mass is 10.2. The highest BCUT2D eigenvalue weighted by molar-refractivity contribution is 5.79. The number of aromatic nitrogens is 5. The van der Waals surface area contributed by atoms with E-state index in [-0.39, 0.29) is 0 Å². The molecule has 2 heterocycles. The lowest BCUT2D eigenvalue weighted by molar-refractivity contribution is 0.670. The van der Waals surface area contributed by atoms with Gasteiger partial charge in [0.2, 0.25) is 0 Å². The molecule has 0 saturated carbocycles. The first-order valence-electron chi connectivity index (χ1n) is 7.94. The van der Waals surface area contributed by atoms with Crippen molar-refractivity contribution in [3.63, 3.8) is 0 Å². The molecule has 0 unspecified atom stereocenters. The van der Waals surface area contributed by atoms with Gasteiger partial charge in [-0.15, -0.1) is 10.2 Å². The molecule has 0 radical (unpaired) electrons. The quantitative estimate of drug-likeness (QED) is 0.611. The predicted molar refractivity (Wildman–Crippen MR) is 90.0 cm³/mol. The lowest BCUT2D eigenvalue weighted by Gasteiger charge is -2.11. The number of guanidine groups is 1. The molecule has 0 saturated heterocycles. The van der Waals surface area contributed by atoms with Crippen LogP contribution in [-0.2, 0) is 26.7 Å². The molecule has 2 aromatic heterocycles. The highest BCUT2D eigenvalue weighted by atomic mass is 15.3. The highest BCUT2D eigenvalue weighted by Gasteiger charge is 2.09. The lowest BCUT2D eigenvalue weighted by Crippen LogP contribution is -2.37. The first-order valence-corrected chi connectivity index (χ1v) is 7.94. The van der Waals surface area contributed by atoms with Crippen molar-refractivity contribution in [3.8, 4) is 0 Å². The normalized spacial score (nSPS) is 11.8. The van der Waals surface area contributed by atoms with Crippen LogP contribution in [0.2, 0.25) is 0 Å². The number of rotatable bonds is 6. The van der Waals surface area contributed by atoms with E-state index in [2.05, 4.69) is 44.8 Å².